The van der Waals surface area contributed by atoms with Crippen LogP contribution in [0, 0.1) is 0 Å². The molecule has 0 aromatic heterocycles. The Kier molecular flexibility index (Phi) is 6.54. The third-order valence-electron chi connectivity index (χ3n) is 3.47. The first kappa shape index (κ1) is 15.8. The van der Waals surface area contributed by atoms with Gasteiger partial charge in [0.15, 0.2) is 5.96 Å². The van der Waals surface area contributed by atoms with Crippen LogP contribution in [0.25, 0.3) is 0 Å². The van der Waals surface area contributed by atoms with Crippen molar-refractivity contribution in [3.63, 3.8) is 0 Å². The Labute approximate surface area is 128 Å². The van der Waals surface area contributed by atoms with Crippen LogP contribution < -0.4 is 10.6 Å². The minimum Gasteiger partial charge on any atom is -0.374 e. The van der Waals surface area contributed by atoms with E-state index in [0.717, 1.165) is 32.1 Å². The molecule has 1 aromatic rings. The molecule has 1 atom stereocenters. The zero-order chi connectivity index (χ0) is 14.9. The van der Waals surface area contributed by atoms with Gasteiger partial charge in [0.25, 0.3) is 0 Å². The Morgan fingerprint density at radius 1 is 1.33 bits per heavy atom. The lowest BCUT2D eigenvalue weighted by Crippen LogP contribution is -2.38. The van der Waals surface area contributed by atoms with Crippen molar-refractivity contribution in [2.45, 2.75) is 45.3 Å². The number of nitrogens with one attached hydrogen (secondary N) is 2. The predicted molar refractivity (Wildman–Crippen MR) is 87.6 cm³/mol. The van der Waals surface area contributed by atoms with E-state index in [-0.39, 0.29) is 6.10 Å². The van der Waals surface area contributed by atoms with E-state index >= 15 is 0 Å². The number of nitrogens with zero attached hydrogens (tertiary/aromatic N) is 1. The van der Waals surface area contributed by atoms with Gasteiger partial charge < -0.3 is 15.4 Å². The van der Waals surface area contributed by atoms with E-state index in [1.54, 1.807) is 0 Å². The van der Waals surface area contributed by atoms with Crippen LogP contribution in [-0.2, 0) is 4.74 Å². The van der Waals surface area contributed by atoms with Gasteiger partial charge in [-0.1, -0.05) is 30.3 Å². The second kappa shape index (κ2) is 8.67. The molecule has 116 valence electrons. The molecule has 1 saturated carbocycles. The third-order valence-corrected chi connectivity index (χ3v) is 3.47. The molecule has 0 radical (unpaired) electrons. The molecule has 4 heteroatoms. The van der Waals surface area contributed by atoms with E-state index in [9.17, 15) is 0 Å². The summed E-state index contributed by atoms with van der Waals surface area (Å²) >= 11 is 0. The summed E-state index contributed by atoms with van der Waals surface area (Å²) in [5.74, 6) is 0.941. The number of hydrogen-bond donors (Lipinski definition) is 2. The van der Waals surface area contributed by atoms with Gasteiger partial charge in [0.1, 0.15) is 0 Å². The van der Waals surface area contributed by atoms with Crippen LogP contribution in [0.1, 0.15) is 44.8 Å². The topological polar surface area (TPSA) is 45.7 Å². The van der Waals surface area contributed by atoms with Crippen LogP contribution in [-0.4, -0.2) is 31.7 Å². The Morgan fingerprint density at radius 2 is 2.10 bits per heavy atom. The lowest BCUT2D eigenvalue weighted by atomic mass is 10.1. The second-order valence-corrected chi connectivity index (χ2v) is 5.46. The highest BCUT2D eigenvalue weighted by Crippen LogP contribution is 2.18. The normalized spacial score (nSPS) is 16.6. The molecular weight excluding hydrogens is 262 g/mol. The van der Waals surface area contributed by atoms with Crippen LogP contribution in [0.4, 0.5) is 0 Å². The fourth-order valence-electron chi connectivity index (χ4n) is 2.08. The Bertz CT molecular complexity index is 429. The summed E-state index contributed by atoms with van der Waals surface area (Å²) in [6, 6.07) is 11.0. The van der Waals surface area contributed by atoms with Crippen LogP contribution in [0.5, 0.6) is 0 Å². The Morgan fingerprint density at radius 3 is 2.76 bits per heavy atom. The minimum atomic E-state index is 0.146. The summed E-state index contributed by atoms with van der Waals surface area (Å²) in [5.41, 5.74) is 1.23. The zero-order valence-electron chi connectivity index (χ0n) is 13.1. The van der Waals surface area contributed by atoms with E-state index in [1.165, 1.54) is 18.4 Å². The quantitative estimate of drug-likeness (QED) is 0.439. The molecule has 2 N–H and O–H groups in total. The molecule has 1 aliphatic rings. The molecule has 1 aliphatic carbocycles. The van der Waals surface area contributed by atoms with Gasteiger partial charge in [-0.25, -0.2) is 0 Å². The first-order chi connectivity index (χ1) is 10.3. The van der Waals surface area contributed by atoms with E-state index in [4.69, 9.17) is 4.74 Å². The van der Waals surface area contributed by atoms with E-state index < -0.39 is 0 Å². The molecule has 0 heterocycles. The number of benzene rings is 1. The van der Waals surface area contributed by atoms with E-state index in [0.29, 0.717) is 6.04 Å². The maximum atomic E-state index is 5.85. The zero-order valence-corrected chi connectivity index (χ0v) is 13.1. The number of guanidine groups is 1. The van der Waals surface area contributed by atoms with Gasteiger partial charge in [-0.2, -0.15) is 0 Å². The molecule has 2 rings (SSSR count). The fraction of sp³-hybridized carbons (Fsp3) is 0.588. The second-order valence-electron chi connectivity index (χ2n) is 5.46. The van der Waals surface area contributed by atoms with Crippen molar-refractivity contribution in [3.05, 3.63) is 35.9 Å². The van der Waals surface area contributed by atoms with Crippen molar-refractivity contribution < 1.29 is 4.74 Å². The predicted octanol–water partition coefficient (Wildman–Crippen LogP) is 2.87. The number of rotatable bonds is 8. The monoisotopic (exact) mass is 289 g/mol. The van der Waals surface area contributed by atoms with Gasteiger partial charge in [-0.05, 0) is 38.7 Å². The molecule has 0 amide bonds. The van der Waals surface area contributed by atoms with Crippen LogP contribution in [0.3, 0.4) is 0 Å². The number of ether oxygens (including phenoxy) is 1. The highest BCUT2D eigenvalue weighted by molar-refractivity contribution is 5.80. The van der Waals surface area contributed by atoms with Crippen molar-refractivity contribution in [2.24, 2.45) is 4.99 Å². The van der Waals surface area contributed by atoms with Gasteiger partial charge in [0, 0.05) is 25.7 Å². The van der Waals surface area contributed by atoms with Crippen molar-refractivity contribution in [1.82, 2.24) is 10.6 Å². The van der Waals surface area contributed by atoms with E-state index in [2.05, 4.69) is 41.6 Å². The van der Waals surface area contributed by atoms with E-state index in [1.807, 2.05) is 18.2 Å². The van der Waals surface area contributed by atoms with Crippen LogP contribution in [0.15, 0.2) is 35.3 Å². The maximum Gasteiger partial charge on any atom is 0.191 e. The lowest BCUT2D eigenvalue weighted by molar-refractivity contribution is 0.0652. The van der Waals surface area contributed by atoms with Gasteiger partial charge in [0.2, 0.25) is 0 Å². The van der Waals surface area contributed by atoms with Crippen molar-refractivity contribution in [2.75, 3.05) is 19.7 Å². The highest BCUT2D eigenvalue weighted by atomic mass is 16.5. The molecule has 4 nitrogen and oxygen atoms in total. The fourth-order valence-corrected chi connectivity index (χ4v) is 2.08. The first-order valence-electron chi connectivity index (χ1n) is 8.01. The average Bonchev–Trinajstić information content (AvgIpc) is 3.31. The first-order valence-corrected chi connectivity index (χ1v) is 8.01. The van der Waals surface area contributed by atoms with Gasteiger partial charge in [-0.3, -0.25) is 4.99 Å². The molecule has 0 saturated heterocycles. The van der Waals surface area contributed by atoms with Crippen molar-refractivity contribution in [3.8, 4) is 0 Å². The molecule has 1 unspecified atom stereocenters. The van der Waals surface area contributed by atoms with Gasteiger partial charge in [-0.15, -0.1) is 0 Å². The molecule has 0 aliphatic heterocycles. The number of hydrogen-bond acceptors (Lipinski definition) is 2. The minimum absolute atomic E-state index is 0.146. The summed E-state index contributed by atoms with van der Waals surface area (Å²) in [4.78, 5) is 4.58. The lowest BCUT2D eigenvalue weighted by Gasteiger charge is -2.13. The third kappa shape index (κ3) is 6.17. The highest BCUT2D eigenvalue weighted by Gasteiger charge is 2.21. The smallest absolute Gasteiger partial charge is 0.191 e. The Balaban J connectivity index is 1.63. The Hall–Kier alpha value is -1.55. The average molecular weight is 289 g/mol. The molecule has 1 fully saturated rings. The van der Waals surface area contributed by atoms with Gasteiger partial charge >= 0.3 is 0 Å². The van der Waals surface area contributed by atoms with Crippen LogP contribution >= 0.6 is 0 Å². The molecule has 0 bridgehead atoms. The standard InChI is InChI=1S/C17H27N3O/c1-3-18-17(20-16-10-11-16)19-12-7-13-21-14(2)15-8-5-4-6-9-15/h4-6,8-9,14,16H,3,7,10-13H2,1-2H3,(H2,18,19,20). The molecule has 1 aromatic carbocycles. The SMILES string of the molecule is CCNC(=NCCCOC(C)c1ccccc1)NC1CC1. The summed E-state index contributed by atoms with van der Waals surface area (Å²) in [6.07, 6.45) is 3.62. The maximum absolute atomic E-state index is 5.85. The summed E-state index contributed by atoms with van der Waals surface area (Å²) in [6.45, 7) is 6.62. The van der Waals surface area contributed by atoms with Crippen molar-refractivity contribution >= 4 is 5.96 Å². The molecule has 0 spiro atoms. The number of aliphatic imine (C=N–C) groups is 1. The largest absolute Gasteiger partial charge is 0.374 e. The molecule has 21 heavy (non-hydrogen) atoms. The molecular formula is C17H27N3O. The van der Waals surface area contributed by atoms with Gasteiger partial charge in [0.05, 0.1) is 6.10 Å². The van der Waals surface area contributed by atoms with Crippen LogP contribution in [0.2, 0.25) is 0 Å². The summed E-state index contributed by atoms with van der Waals surface area (Å²) < 4.78 is 5.85. The summed E-state index contributed by atoms with van der Waals surface area (Å²) in [5, 5.41) is 6.69. The van der Waals surface area contributed by atoms with Crippen molar-refractivity contribution in [1.29, 1.82) is 0 Å². The summed E-state index contributed by atoms with van der Waals surface area (Å²) in [7, 11) is 0.